The van der Waals surface area contributed by atoms with E-state index in [0.717, 1.165) is 24.2 Å². The van der Waals surface area contributed by atoms with Gasteiger partial charge in [-0.1, -0.05) is 36.1 Å². The maximum atomic E-state index is 7.51. The average Bonchev–Trinajstić information content (AvgIpc) is 2.70. The lowest BCUT2D eigenvalue weighted by Gasteiger charge is -2.23. The van der Waals surface area contributed by atoms with E-state index < -0.39 is 0 Å². The summed E-state index contributed by atoms with van der Waals surface area (Å²) in [6.07, 6.45) is 4.60. The summed E-state index contributed by atoms with van der Waals surface area (Å²) >= 11 is 0. The minimum Gasteiger partial charge on any atom is -0.407 e. The topological polar surface area (TPSA) is 30.4 Å². The Morgan fingerprint density at radius 3 is 2.43 bits per heavy atom. The van der Waals surface area contributed by atoms with Crippen molar-refractivity contribution in [1.29, 1.82) is 0 Å². The molecule has 1 fully saturated rings. The third-order valence-electron chi connectivity index (χ3n) is 4.85. The molecule has 2 aliphatic carbocycles. The van der Waals surface area contributed by atoms with E-state index in [1.54, 1.807) is 0 Å². The van der Waals surface area contributed by atoms with Crippen molar-refractivity contribution in [2.45, 2.75) is 46.5 Å². The Bertz CT molecular complexity index is 691. The standard InChI is InChI=1S/C19H22N2/c1-11-9-12(2)16(13(3)10-11)17-14-7-5-6-8-15(14)19(21-4)18(17)20/h9-10,15H,5-8,20H2,1-3H3. The third-order valence-corrected chi connectivity index (χ3v) is 4.85. The fraction of sp³-hybridized carbons (Fsp3) is 0.421. The quantitative estimate of drug-likeness (QED) is 0.744. The summed E-state index contributed by atoms with van der Waals surface area (Å²) in [5.41, 5.74) is 15.6. The van der Waals surface area contributed by atoms with Gasteiger partial charge in [0.05, 0.1) is 6.57 Å². The first-order valence-electron chi connectivity index (χ1n) is 7.73. The second-order valence-corrected chi connectivity index (χ2v) is 6.38. The second-order valence-electron chi connectivity index (χ2n) is 6.38. The Morgan fingerprint density at radius 2 is 1.81 bits per heavy atom. The number of hydrogen-bond acceptors (Lipinski definition) is 1. The van der Waals surface area contributed by atoms with Gasteiger partial charge in [0.1, 0.15) is 0 Å². The first-order chi connectivity index (χ1) is 10.0. The van der Waals surface area contributed by atoms with E-state index in [0.29, 0.717) is 0 Å². The van der Waals surface area contributed by atoms with Crippen molar-refractivity contribution in [2.75, 3.05) is 0 Å². The molecule has 1 atom stereocenters. The van der Waals surface area contributed by atoms with Crippen molar-refractivity contribution in [3.05, 3.63) is 62.8 Å². The molecule has 1 unspecified atom stereocenters. The SMILES string of the molecule is [C-]#[N+]C1=C(N)C(c2c(C)cc(C)cc2C)=C2CCCCC21. The van der Waals surface area contributed by atoms with Crippen molar-refractivity contribution in [2.24, 2.45) is 11.7 Å². The lowest BCUT2D eigenvalue weighted by Crippen LogP contribution is -2.09. The highest BCUT2D eigenvalue weighted by Gasteiger charge is 2.35. The van der Waals surface area contributed by atoms with Gasteiger partial charge in [-0.15, -0.1) is 0 Å². The number of benzene rings is 1. The number of nitrogens with two attached hydrogens (primary N) is 1. The molecule has 21 heavy (non-hydrogen) atoms. The van der Waals surface area contributed by atoms with E-state index in [1.165, 1.54) is 46.2 Å². The molecule has 0 aliphatic heterocycles. The van der Waals surface area contributed by atoms with Gasteiger partial charge in [-0.25, -0.2) is 4.85 Å². The van der Waals surface area contributed by atoms with Gasteiger partial charge in [-0.2, -0.15) is 0 Å². The summed E-state index contributed by atoms with van der Waals surface area (Å²) in [4.78, 5) is 3.77. The van der Waals surface area contributed by atoms with Gasteiger partial charge in [0.2, 0.25) is 0 Å². The van der Waals surface area contributed by atoms with Gasteiger partial charge in [0.15, 0.2) is 5.70 Å². The van der Waals surface area contributed by atoms with Crippen LogP contribution in [0.4, 0.5) is 0 Å². The lowest BCUT2D eigenvalue weighted by molar-refractivity contribution is 0.514. The molecule has 0 saturated heterocycles. The molecule has 1 aromatic carbocycles. The number of hydrogen-bond donors (Lipinski definition) is 1. The van der Waals surface area contributed by atoms with Crippen LogP contribution >= 0.6 is 0 Å². The third kappa shape index (κ3) is 2.08. The highest BCUT2D eigenvalue weighted by molar-refractivity contribution is 5.88. The highest BCUT2D eigenvalue weighted by Crippen LogP contribution is 2.49. The molecule has 1 saturated carbocycles. The molecule has 0 amide bonds. The summed E-state index contributed by atoms with van der Waals surface area (Å²) in [6, 6.07) is 4.44. The molecule has 108 valence electrons. The number of rotatable bonds is 1. The minimum atomic E-state index is 0.284. The molecule has 0 radical (unpaired) electrons. The van der Waals surface area contributed by atoms with Crippen LogP contribution in [-0.2, 0) is 0 Å². The van der Waals surface area contributed by atoms with Crippen LogP contribution in [0.5, 0.6) is 0 Å². The predicted octanol–water partition coefficient (Wildman–Crippen LogP) is 4.66. The molecule has 0 spiro atoms. The number of aryl methyl sites for hydroxylation is 3. The van der Waals surface area contributed by atoms with Gasteiger partial charge in [0.25, 0.3) is 0 Å². The average molecular weight is 278 g/mol. The van der Waals surface area contributed by atoms with Crippen LogP contribution < -0.4 is 5.73 Å². The molecule has 2 aliphatic rings. The van der Waals surface area contributed by atoms with Crippen LogP contribution in [0.1, 0.15) is 47.9 Å². The zero-order chi connectivity index (χ0) is 15.1. The maximum absolute atomic E-state index is 7.51. The maximum Gasteiger partial charge on any atom is 0.195 e. The molecular weight excluding hydrogens is 256 g/mol. The van der Waals surface area contributed by atoms with E-state index in [2.05, 4.69) is 37.7 Å². The normalized spacial score (nSPS) is 21.5. The number of allylic oxidation sites excluding steroid dienone is 2. The smallest absolute Gasteiger partial charge is 0.195 e. The van der Waals surface area contributed by atoms with E-state index in [9.17, 15) is 0 Å². The summed E-state index contributed by atoms with van der Waals surface area (Å²) in [5.74, 6) is 0.284. The second kappa shape index (κ2) is 5.07. The van der Waals surface area contributed by atoms with E-state index in [1.807, 2.05) is 0 Å². The molecule has 0 heterocycles. The molecule has 3 rings (SSSR count). The largest absolute Gasteiger partial charge is 0.407 e. The van der Waals surface area contributed by atoms with Crippen molar-refractivity contribution < 1.29 is 0 Å². The molecule has 2 heteroatoms. The zero-order valence-electron chi connectivity index (χ0n) is 13.1. The van der Waals surface area contributed by atoms with Crippen LogP contribution in [0.2, 0.25) is 0 Å². The van der Waals surface area contributed by atoms with Crippen LogP contribution in [0.25, 0.3) is 10.4 Å². The Hall–Kier alpha value is -2.01. The summed E-state index contributed by atoms with van der Waals surface area (Å²) in [5, 5.41) is 0. The fourth-order valence-corrected chi connectivity index (χ4v) is 4.11. The predicted molar refractivity (Wildman–Crippen MR) is 87.3 cm³/mol. The van der Waals surface area contributed by atoms with Crippen LogP contribution in [0, 0.1) is 33.3 Å². The highest BCUT2D eigenvalue weighted by atomic mass is 14.8. The zero-order valence-corrected chi connectivity index (χ0v) is 13.1. The van der Waals surface area contributed by atoms with Gasteiger partial charge >= 0.3 is 0 Å². The first kappa shape index (κ1) is 13.9. The molecule has 2 N–H and O–H groups in total. The van der Waals surface area contributed by atoms with E-state index in [-0.39, 0.29) is 5.92 Å². The van der Waals surface area contributed by atoms with Crippen molar-refractivity contribution in [1.82, 2.24) is 0 Å². The summed E-state index contributed by atoms with van der Waals surface area (Å²) in [7, 11) is 0. The molecular formula is C19H22N2. The van der Waals surface area contributed by atoms with Crippen LogP contribution in [0.15, 0.2) is 29.1 Å². The van der Waals surface area contributed by atoms with Crippen LogP contribution in [-0.4, -0.2) is 0 Å². The van der Waals surface area contributed by atoms with Gasteiger partial charge in [-0.3, -0.25) is 0 Å². The van der Waals surface area contributed by atoms with Gasteiger partial charge in [-0.05, 0) is 55.9 Å². The van der Waals surface area contributed by atoms with Crippen molar-refractivity contribution in [3.8, 4) is 0 Å². The van der Waals surface area contributed by atoms with Gasteiger partial charge < -0.3 is 5.73 Å². The Morgan fingerprint density at radius 1 is 1.14 bits per heavy atom. The molecule has 0 aromatic heterocycles. The Balaban J connectivity index is 2.26. The van der Waals surface area contributed by atoms with Crippen LogP contribution in [0.3, 0.4) is 0 Å². The fourth-order valence-electron chi connectivity index (χ4n) is 4.11. The summed E-state index contributed by atoms with van der Waals surface area (Å²) in [6.45, 7) is 13.9. The number of nitrogens with zero attached hydrogens (tertiary/aromatic N) is 1. The summed E-state index contributed by atoms with van der Waals surface area (Å²) < 4.78 is 0. The minimum absolute atomic E-state index is 0.284. The number of fused-ring (bicyclic) bond motifs is 1. The van der Waals surface area contributed by atoms with Gasteiger partial charge in [0, 0.05) is 11.6 Å². The lowest BCUT2D eigenvalue weighted by atomic mass is 9.82. The Labute approximate surface area is 127 Å². The van der Waals surface area contributed by atoms with Crippen molar-refractivity contribution in [3.63, 3.8) is 0 Å². The van der Waals surface area contributed by atoms with Crippen molar-refractivity contribution >= 4 is 5.57 Å². The van der Waals surface area contributed by atoms with E-state index >= 15 is 0 Å². The molecule has 0 bridgehead atoms. The van der Waals surface area contributed by atoms with E-state index in [4.69, 9.17) is 12.3 Å². The Kier molecular flexibility index (Phi) is 3.37. The molecule has 2 nitrogen and oxygen atoms in total. The first-order valence-corrected chi connectivity index (χ1v) is 7.73. The monoisotopic (exact) mass is 278 g/mol. The molecule has 1 aromatic rings.